The van der Waals surface area contributed by atoms with E-state index in [2.05, 4.69) is 391 Å². The number of anilines is 6. The molecule has 6 nitrogen and oxygen atoms in total. The van der Waals surface area contributed by atoms with E-state index in [1.807, 2.05) is 30.3 Å². The van der Waals surface area contributed by atoms with Crippen molar-refractivity contribution in [3.63, 3.8) is 0 Å². The zero-order valence-corrected chi connectivity index (χ0v) is 63.9. The lowest BCUT2D eigenvalue weighted by atomic mass is 9.33. The van der Waals surface area contributed by atoms with E-state index in [0.717, 1.165) is 151 Å². The van der Waals surface area contributed by atoms with Crippen molar-refractivity contribution in [3.05, 3.63) is 355 Å². The van der Waals surface area contributed by atoms with Crippen molar-refractivity contribution in [1.82, 2.24) is 9.13 Å². The van der Waals surface area contributed by atoms with Crippen LogP contribution in [-0.4, -0.2) is 15.8 Å². The second-order valence-electron chi connectivity index (χ2n) is 33.1. The minimum absolute atomic E-state index is 0.127. The van der Waals surface area contributed by atoms with Crippen LogP contribution in [0.4, 0.5) is 34.1 Å². The van der Waals surface area contributed by atoms with E-state index in [1.165, 1.54) is 38.2 Å². The van der Waals surface area contributed by atoms with Gasteiger partial charge in [0.2, 0.25) is 0 Å². The highest BCUT2D eigenvalue weighted by Gasteiger charge is 2.46. The van der Waals surface area contributed by atoms with Gasteiger partial charge in [-0.15, -0.1) is 0 Å². The Morgan fingerprint density at radius 3 is 1.15 bits per heavy atom. The van der Waals surface area contributed by atoms with Crippen LogP contribution in [0, 0.1) is 22.7 Å². The minimum atomic E-state index is -0.338. The van der Waals surface area contributed by atoms with Crippen LogP contribution in [0.1, 0.15) is 90.1 Å². The van der Waals surface area contributed by atoms with Crippen LogP contribution in [-0.2, 0) is 16.2 Å². The largest absolute Gasteiger partial charge is 0.311 e. The maximum atomic E-state index is 11.2. The molecular formula is C104H81BN6. The zero-order valence-electron chi connectivity index (χ0n) is 63.9. The first-order valence-corrected chi connectivity index (χ1v) is 38.6. The van der Waals surface area contributed by atoms with Crippen molar-refractivity contribution in [1.29, 1.82) is 10.5 Å². The average molecular weight is 1430 g/mol. The highest BCUT2D eigenvalue weighted by molar-refractivity contribution is 7.00. The molecule has 111 heavy (non-hydrogen) atoms. The van der Waals surface area contributed by atoms with Gasteiger partial charge in [0.15, 0.2) is 0 Å². The van der Waals surface area contributed by atoms with Crippen LogP contribution in [0.15, 0.2) is 328 Å². The molecule has 0 amide bonds. The number of aromatic nitrogens is 2. The molecule has 0 fully saturated rings. The summed E-state index contributed by atoms with van der Waals surface area (Å²) >= 11 is 0. The molecule has 2 aliphatic rings. The van der Waals surface area contributed by atoms with E-state index in [9.17, 15) is 10.5 Å². The first kappa shape index (κ1) is 68.1. The van der Waals surface area contributed by atoms with Crippen molar-refractivity contribution in [2.24, 2.45) is 0 Å². The molecule has 0 spiro atoms. The Morgan fingerprint density at radius 2 is 0.658 bits per heavy atom. The number of nitriles is 2. The fourth-order valence-electron chi connectivity index (χ4n) is 17.7. The lowest BCUT2D eigenvalue weighted by molar-refractivity contribution is 0.590. The predicted octanol–water partition coefficient (Wildman–Crippen LogP) is 25.6. The van der Waals surface area contributed by atoms with Crippen molar-refractivity contribution in [2.45, 2.75) is 78.6 Å². The number of para-hydroxylation sites is 4. The Balaban J connectivity index is 1.00. The molecule has 0 saturated carbocycles. The summed E-state index contributed by atoms with van der Waals surface area (Å²) in [6, 6.07) is 126. The molecule has 19 rings (SSSR count). The number of rotatable bonds is 10. The second-order valence-corrected chi connectivity index (χ2v) is 33.1. The molecule has 0 saturated heterocycles. The minimum Gasteiger partial charge on any atom is -0.311 e. The molecule has 15 aromatic carbocycles. The standard InChI is InChI=1S/C104H81BN6/c1-102(2,3)75-48-45-67(46-49-75)87-58-74(81-36-16-14-30-72(81)65-107)59-88(69-32-26-34-77(56-69)104(7,8)9)101(87)111-97-63-79(109-93-43-23-19-39-84(93)85-40-20-24-44-94(85)109)51-53-90(97)105-89-52-50-78(108-91-41-21-17-37-82(91)83-38-18-22-42-92(83)108)62-96(89)110(98-60-73(61-99(111)100(98)105)66-27-11-10-12-28-66)95-54-47-70(80-35-15-13-29-71(80)64-106)57-86(95)68-31-25-33-76(55-68)103(4,5)6/h10-63H,1-9H3. The fraction of sp³-hybridized carbons (Fsp3) is 0.115. The number of benzene rings is 15. The molecule has 0 bridgehead atoms. The summed E-state index contributed by atoms with van der Waals surface area (Å²) in [5, 5.41) is 26.8. The van der Waals surface area contributed by atoms with Gasteiger partial charge in [0, 0.05) is 72.4 Å². The van der Waals surface area contributed by atoms with Gasteiger partial charge in [0.05, 0.1) is 56.7 Å². The van der Waals surface area contributed by atoms with E-state index in [-0.39, 0.29) is 23.0 Å². The summed E-state index contributed by atoms with van der Waals surface area (Å²) in [6.45, 7) is 20.3. The van der Waals surface area contributed by atoms with Crippen molar-refractivity contribution in [3.8, 4) is 90.3 Å². The Morgan fingerprint density at radius 1 is 0.261 bits per heavy atom. The van der Waals surface area contributed by atoms with Crippen LogP contribution in [0.5, 0.6) is 0 Å². The van der Waals surface area contributed by atoms with Gasteiger partial charge in [-0.05, 0) is 196 Å². The third-order valence-electron chi connectivity index (χ3n) is 23.3. The molecule has 0 aliphatic carbocycles. The molecule has 7 heteroatoms. The van der Waals surface area contributed by atoms with Gasteiger partial charge in [-0.25, -0.2) is 0 Å². The normalized spacial score (nSPS) is 12.7. The third kappa shape index (κ3) is 11.4. The van der Waals surface area contributed by atoms with E-state index in [0.29, 0.717) is 11.1 Å². The van der Waals surface area contributed by atoms with Crippen LogP contribution < -0.4 is 26.2 Å². The van der Waals surface area contributed by atoms with Crippen LogP contribution in [0.2, 0.25) is 0 Å². The van der Waals surface area contributed by atoms with Gasteiger partial charge in [0.1, 0.15) is 0 Å². The molecule has 4 heterocycles. The summed E-state index contributed by atoms with van der Waals surface area (Å²) in [5.74, 6) is 0. The Labute approximate surface area is 650 Å². The zero-order chi connectivity index (χ0) is 75.8. The lowest BCUT2D eigenvalue weighted by Crippen LogP contribution is -2.61. The third-order valence-corrected chi connectivity index (χ3v) is 23.3. The van der Waals surface area contributed by atoms with Crippen LogP contribution >= 0.6 is 0 Å². The molecule has 0 unspecified atom stereocenters. The van der Waals surface area contributed by atoms with E-state index in [4.69, 9.17) is 0 Å². The molecule has 0 radical (unpaired) electrons. The van der Waals surface area contributed by atoms with Crippen LogP contribution in [0.3, 0.4) is 0 Å². The topological polar surface area (TPSA) is 63.9 Å². The molecule has 17 aromatic rings. The lowest BCUT2D eigenvalue weighted by Gasteiger charge is -2.46. The van der Waals surface area contributed by atoms with E-state index in [1.54, 1.807) is 0 Å². The summed E-state index contributed by atoms with van der Waals surface area (Å²) < 4.78 is 4.93. The summed E-state index contributed by atoms with van der Waals surface area (Å²) in [7, 11) is 0. The molecular weight excluding hydrogens is 1340 g/mol. The van der Waals surface area contributed by atoms with E-state index >= 15 is 0 Å². The van der Waals surface area contributed by atoms with Crippen molar-refractivity contribution >= 4 is 101 Å². The van der Waals surface area contributed by atoms with E-state index < -0.39 is 0 Å². The first-order chi connectivity index (χ1) is 53.9. The Kier molecular flexibility index (Phi) is 16.1. The smallest absolute Gasteiger partial charge is 0.252 e. The summed E-state index contributed by atoms with van der Waals surface area (Å²) in [4.78, 5) is 5.26. The quantitative estimate of drug-likeness (QED) is 0.128. The first-order valence-electron chi connectivity index (χ1n) is 38.6. The summed E-state index contributed by atoms with van der Waals surface area (Å²) in [6.07, 6.45) is 0. The maximum Gasteiger partial charge on any atom is 0.252 e. The second kappa shape index (κ2) is 26.2. The number of nitrogens with zero attached hydrogens (tertiary/aromatic N) is 6. The monoisotopic (exact) mass is 1420 g/mol. The summed E-state index contributed by atoms with van der Waals surface area (Å²) in [5.41, 5.74) is 32.5. The molecule has 0 atom stereocenters. The highest BCUT2D eigenvalue weighted by Crippen LogP contribution is 2.55. The number of fused-ring (bicyclic) bond motifs is 10. The average Bonchev–Trinajstić information content (AvgIpc) is 1.24. The Bertz CT molecular complexity index is 6650. The van der Waals surface area contributed by atoms with Gasteiger partial charge in [-0.1, -0.05) is 293 Å². The van der Waals surface area contributed by atoms with Crippen molar-refractivity contribution in [2.75, 3.05) is 9.80 Å². The van der Waals surface area contributed by atoms with Gasteiger partial charge in [0.25, 0.3) is 6.71 Å². The van der Waals surface area contributed by atoms with Crippen molar-refractivity contribution < 1.29 is 0 Å². The number of hydrogen-bond acceptors (Lipinski definition) is 4. The molecule has 2 aliphatic heterocycles. The van der Waals surface area contributed by atoms with Gasteiger partial charge < -0.3 is 18.9 Å². The van der Waals surface area contributed by atoms with Gasteiger partial charge >= 0.3 is 0 Å². The number of hydrogen-bond donors (Lipinski definition) is 0. The fourth-order valence-corrected chi connectivity index (χ4v) is 17.7. The SMILES string of the molecule is CC(C)(C)c1ccc(-c2cc(-c3ccccc3C#N)cc(-c3cccc(C(C)(C)C)c3)c2N2c3cc(-n4c5ccccc5c5ccccc54)ccc3B3c4ccc(-n5c6ccccc6c6ccccc65)cc4N(c4ccc(-c5ccccc5C#N)cc4-c4cccc(C(C)(C)C)c4)c4cc(-c5ccccc5)cc2c43)cc1. The Hall–Kier alpha value is -13.5. The van der Waals surface area contributed by atoms with Crippen LogP contribution in [0.25, 0.3) is 122 Å². The molecule has 2 aromatic heterocycles. The molecule has 0 N–H and O–H groups in total. The highest BCUT2D eigenvalue weighted by atomic mass is 15.2. The maximum absolute atomic E-state index is 11.2. The predicted molar refractivity (Wildman–Crippen MR) is 467 cm³/mol. The molecule has 530 valence electrons. The van der Waals surface area contributed by atoms with Gasteiger partial charge in [-0.2, -0.15) is 10.5 Å². The van der Waals surface area contributed by atoms with Gasteiger partial charge in [-0.3, -0.25) is 0 Å².